The van der Waals surface area contributed by atoms with Gasteiger partial charge in [0.15, 0.2) is 0 Å². The second kappa shape index (κ2) is 7.36. The number of rotatable bonds is 3. The van der Waals surface area contributed by atoms with Gasteiger partial charge in [0.1, 0.15) is 5.82 Å². The molecule has 1 aliphatic heterocycles. The molecule has 1 saturated heterocycles. The van der Waals surface area contributed by atoms with Crippen LogP contribution in [0.15, 0.2) is 17.2 Å². The Balaban J connectivity index is 1.62. The van der Waals surface area contributed by atoms with E-state index in [1.54, 1.807) is 0 Å². The zero-order valence-corrected chi connectivity index (χ0v) is 14.6. The molecule has 2 aliphatic rings. The van der Waals surface area contributed by atoms with Crippen LogP contribution in [-0.4, -0.2) is 35.0 Å². The molecule has 0 spiro atoms. The van der Waals surface area contributed by atoms with Gasteiger partial charge in [-0.25, -0.2) is 4.98 Å². The molecule has 1 aliphatic carbocycles. The summed E-state index contributed by atoms with van der Waals surface area (Å²) in [6.07, 6.45) is 6.82. The van der Waals surface area contributed by atoms with Gasteiger partial charge < -0.3 is 15.2 Å². The van der Waals surface area contributed by atoms with Gasteiger partial charge in [-0.1, -0.05) is 26.7 Å². The first kappa shape index (κ1) is 17.0. The number of piperidine rings is 1. The summed E-state index contributed by atoms with van der Waals surface area (Å²) in [5, 5.41) is 3.30. The summed E-state index contributed by atoms with van der Waals surface area (Å²) in [5.41, 5.74) is -0.156. The Morgan fingerprint density at radius 2 is 2.12 bits per heavy atom. The van der Waals surface area contributed by atoms with Crippen molar-refractivity contribution in [1.29, 1.82) is 0 Å². The van der Waals surface area contributed by atoms with Gasteiger partial charge in [0.2, 0.25) is 5.91 Å². The molecular formula is C18H28N4O2. The zero-order valence-electron chi connectivity index (χ0n) is 14.6. The van der Waals surface area contributed by atoms with Gasteiger partial charge in [-0.15, -0.1) is 0 Å². The average Bonchev–Trinajstić information content (AvgIpc) is 2.59. The third-order valence-electron chi connectivity index (χ3n) is 5.81. The predicted octanol–water partition coefficient (Wildman–Crippen LogP) is 1.93. The topological polar surface area (TPSA) is 78.1 Å². The number of hydrogen-bond donors (Lipinski definition) is 2. The summed E-state index contributed by atoms with van der Waals surface area (Å²) in [6.45, 7) is 6.02. The maximum absolute atomic E-state index is 12.7. The molecule has 1 aromatic heterocycles. The van der Waals surface area contributed by atoms with Crippen molar-refractivity contribution >= 4 is 11.7 Å². The van der Waals surface area contributed by atoms with Crippen molar-refractivity contribution in [2.75, 3.05) is 18.0 Å². The second-order valence-electron chi connectivity index (χ2n) is 7.44. The molecule has 4 atom stereocenters. The quantitative estimate of drug-likeness (QED) is 0.886. The summed E-state index contributed by atoms with van der Waals surface area (Å²) in [7, 11) is 0. The fourth-order valence-corrected chi connectivity index (χ4v) is 4.02. The highest BCUT2D eigenvalue weighted by molar-refractivity contribution is 5.79. The Morgan fingerprint density at radius 3 is 2.92 bits per heavy atom. The number of hydrogen-bond acceptors (Lipinski definition) is 4. The smallest absolute Gasteiger partial charge is 0.252 e. The van der Waals surface area contributed by atoms with E-state index >= 15 is 0 Å². The normalized spacial score (nSPS) is 30.8. The lowest BCUT2D eigenvalue weighted by atomic mass is 9.78. The fraction of sp³-hybridized carbons (Fsp3) is 0.722. The molecule has 2 fully saturated rings. The molecular weight excluding hydrogens is 304 g/mol. The molecule has 2 heterocycles. The number of carbonyl (C=O) groups is 1. The number of aromatic amines is 1. The standard InChI is InChI=1S/C18H28N4O2/c1-12-5-3-7-15(13(12)2)21-18(24)14-6-4-8-22(10-14)16-9-17(23)20-11-19-16/h9,11-15H,3-8,10H2,1-2H3,(H,21,24)(H,19,20,23). The number of carbonyl (C=O) groups excluding carboxylic acids is 1. The first-order valence-electron chi connectivity index (χ1n) is 9.14. The molecule has 24 heavy (non-hydrogen) atoms. The molecule has 1 aromatic rings. The van der Waals surface area contributed by atoms with Crippen LogP contribution in [0.3, 0.4) is 0 Å². The first-order valence-corrected chi connectivity index (χ1v) is 9.14. The lowest BCUT2D eigenvalue weighted by Gasteiger charge is -2.37. The van der Waals surface area contributed by atoms with Gasteiger partial charge in [0.05, 0.1) is 12.2 Å². The van der Waals surface area contributed by atoms with E-state index in [9.17, 15) is 9.59 Å². The van der Waals surface area contributed by atoms with Crippen molar-refractivity contribution in [2.45, 2.75) is 52.0 Å². The molecule has 6 nitrogen and oxygen atoms in total. The largest absolute Gasteiger partial charge is 0.356 e. The summed E-state index contributed by atoms with van der Waals surface area (Å²) < 4.78 is 0. The van der Waals surface area contributed by atoms with E-state index in [2.05, 4.69) is 34.0 Å². The average molecular weight is 332 g/mol. The predicted molar refractivity (Wildman–Crippen MR) is 93.9 cm³/mol. The molecule has 1 saturated carbocycles. The van der Waals surface area contributed by atoms with Crippen LogP contribution in [0, 0.1) is 17.8 Å². The molecule has 6 heteroatoms. The molecule has 2 N–H and O–H groups in total. The second-order valence-corrected chi connectivity index (χ2v) is 7.44. The van der Waals surface area contributed by atoms with E-state index in [1.807, 2.05) is 0 Å². The molecule has 0 aromatic carbocycles. The van der Waals surface area contributed by atoms with Crippen molar-refractivity contribution in [1.82, 2.24) is 15.3 Å². The first-order chi connectivity index (χ1) is 11.5. The van der Waals surface area contributed by atoms with Crippen molar-refractivity contribution < 1.29 is 4.79 Å². The maximum Gasteiger partial charge on any atom is 0.252 e. The van der Waals surface area contributed by atoms with Crippen LogP contribution in [0.2, 0.25) is 0 Å². The van der Waals surface area contributed by atoms with E-state index in [-0.39, 0.29) is 17.4 Å². The van der Waals surface area contributed by atoms with Gasteiger partial charge >= 0.3 is 0 Å². The summed E-state index contributed by atoms with van der Waals surface area (Å²) in [4.78, 5) is 33.0. The fourth-order valence-electron chi connectivity index (χ4n) is 4.02. The van der Waals surface area contributed by atoms with Gasteiger partial charge in [0.25, 0.3) is 5.56 Å². The number of amides is 1. The molecule has 4 unspecified atom stereocenters. The third-order valence-corrected chi connectivity index (χ3v) is 5.81. The van der Waals surface area contributed by atoms with E-state index in [0.29, 0.717) is 30.2 Å². The van der Waals surface area contributed by atoms with Crippen molar-refractivity contribution in [3.63, 3.8) is 0 Å². The van der Waals surface area contributed by atoms with E-state index in [4.69, 9.17) is 0 Å². The summed E-state index contributed by atoms with van der Waals surface area (Å²) in [6, 6.07) is 1.81. The molecule has 132 valence electrons. The molecule has 1 amide bonds. The van der Waals surface area contributed by atoms with Gasteiger partial charge in [-0.3, -0.25) is 9.59 Å². The molecule has 0 radical (unpaired) electrons. The van der Waals surface area contributed by atoms with Crippen LogP contribution in [0.1, 0.15) is 46.0 Å². The minimum absolute atomic E-state index is 0.0238. The highest BCUT2D eigenvalue weighted by atomic mass is 16.2. The van der Waals surface area contributed by atoms with Crippen LogP contribution < -0.4 is 15.8 Å². The lowest BCUT2D eigenvalue weighted by molar-refractivity contribution is -0.126. The number of aromatic nitrogens is 2. The number of H-pyrrole nitrogens is 1. The van der Waals surface area contributed by atoms with Crippen molar-refractivity contribution in [3.8, 4) is 0 Å². The van der Waals surface area contributed by atoms with E-state index < -0.39 is 0 Å². The van der Waals surface area contributed by atoms with Gasteiger partial charge in [-0.2, -0.15) is 0 Å². The van der Waals surface area contributed by atoms with Gasteiger partial charge in [0, 0.05) is 25.2 Å². The Labute approximate surface area is 143 Å². The molecule has 3 rings (SSSR count). The van der Waals surface area contributed by atoms with Crippen LogP contribution in [0.5, 0.6) is 0 Å². The van der Waals surface area contributed by atoms with Crippen LogP contribution in [0.4, 0.5) is 5.82 Å². The van der Waals surface area contributed by atoms with E-state index in [1.165, 1.54) is 25.2 Å². The Kier molecular flexibility index (Phi) is 5.21. The minimum Gasteiger partial charge on any atom is -0.356 e. The highest BCUT2D eigenvalue weighted by Crippen LogP contribution is 2.30. The Morgan fingerprint density at radius 1 is 1.29 bits per heavy atom. The zero-order chi connectivity index (χ0) is 17.1. The minimum atomic E-state index is -0.156. The Bertz CT molecular complexity index is 629. The Hall–Kier alpha value is -1.85. The molecule has 0 bridgehead atoms. The number of nitrogens with zero attached hydrogens (tertiary/aromatic N) is 2. The summed E-state index contributed by atoms with van der Waals surface area (Å²) >= 11 is 0. The number of anilines is 1. The van der Waals surface area contributed by atoms with Crippen LogP contribution >= 0.6 is 0 Å². The SMILES string of the molecule is CC1CCCC(NC(=O)C2CCCN(c3cc(=O)[nH]cn3)C2)C1C. The van der Waals surface area contributed by atoms with Crippen LogP contribution in [-0.2, 0) is 4.79 Å². The van der Waals surface area contributed by atoms with E-state index in [0.717, 1.165) is 25.8 Å². The maximum atomic E-state index is 12.7. The monoisotopic (exact) mass is 332 g/mol. The van der Waals surface area contributed by atoms with Crippen molar-refractivity contribution in [3.05, 3.63) is 22.7 Å². The highest BCUT2D eigenvalue weighted by Gasteiger charge is 2.32. The number of nitrogens with one attached hydrogen (secondary N) is 2. The lowest BCUT2D eigenvalue weighted by Crippen LogP contribution is -2.49. The van der Waals surface area contributed by atoms with Gasteiger partial charge in [-0.05, 0) is 31.1 Å². The third kappa shape index (κ3) is 3.79. The van der Waals surface area contributed by atoms with Crippen LogP contribution in [0.25, 0.3) is 0 Å². The van der Waals surface area contributed by atoms with Crippen molar-refractivity contribution in [2.24, 2.45) is 17.8 Å². The summed E-state index contributed by atoms with van der Waals surface area (Å²) in [5.74, 6) is 2.01.